The number of hydrogen-bond donors (Lipinski definition) is 0. The molecule has 0 amide bonds. The van der Waals surface area contributed by atoms with Gasteiger partial charge in [0.25, 0.3) is 0 Å². The van der Waals surface area contributed by atoms with Crippen LogP contribution in [0.1, 0.15) is 53.9 Å². The van der Waals surface area contributed by atoms with Gasteiger partial charge in [0.2, 0.25) is 0 Å². The van der Waals surface area contributed by atoms with Crippen LogP contribution in [0.2, 0.25) is 0 Å². The number of carbonyl (C=O) groups excluding carboxylic acids is 2. The molecule has 4 heteroatoms. The molecule has 0 bridgehead atoms. The molecule has 0 aromatic carbocycles. The van der Waals surface area contributed by atoms with E-state index < -0.39 is 11.7 Å². The molecule has 4 nitrogen and oxygen atoms in total. The average molecular weight is 268 g/mol. The minimum Gasteiger partial charge on any atom is -0.462 e. The van der Waals surface area contributed by atoms with Crippen LogP contribution in [0.4, 0.5) is 0 Å². The van der Waals surface area contributed by atoms with Crippen LogP contribution in [0.15, 0.2) is 17.9 Å². The lowest BCUT2D eigenvalue weighted by Crippen LogP contribution is -2.28. The zero-order valence-electron chi connectivity index (χ0n) is 12.5. The monoisotopic (exact) mass is 268 g/mol. The first-order valence-electron chi connectivity index (χ1n) is 6.49. The van der Waals surface area contributed by atoms with Crippen LogP contribution in [0.5, 0.6) is 0 Å². The Morgan fingerprint density at radius 1 is 1.32 bits per heavy atom. The molecule has 19 heavy (non-hydrogen) atoms. The molecule has 0 radical (unpaired) electrons. The third-order valence-corrected chi connectivity index (χ3v) is 2.06. The maximum atomic E-state index is 11.7. The van der Waals surface area contributed by atoms with E-state index in [4.69, 9.17) is 9.47 Å². The van der Waals surface area contributed by atoms with Gasteiger partial charge in [-0.15, -0.1) is 5.73 Å². The largest absolute Gasteiger partial charge is 0.462 e. The first kappa shape index (κ1) is 17.5. The zero-order chi connectivity index (χ0) is 14.9. The predicted molar refractivity (Wildman–Crippen MR) is 73.6 cm³/mol. The lowest BCUT2D eigenvalue weighted by molar-refractivity contribution is -0.161. The van der Waals surface area contributed by atoms with E-state index in [1.165, 1.54) is 6.92 Å². The Kier molecular flexibility index (Phi) is 7.85. The highest BCUT2D eigenvalue weighted by Crippen LogP contribution is 2.13. The topological polar surface area (TPSA) is 52.6 Å². The molecule has 0 aliphatic carbocycles. The molecule has 0 rings (SSSR count). The molecule has 0 unspecified atom stereocenters. The lowest BCUT2D eigenvalue weighted by Gasteiger charge is -2.22. The van der Waals surface area contributed by atoms with Gasteiger partial charge in [0, 0.05) is 6.92 Å². The fourth-order valence-corrected chi connectivity index (χ4v) is 1.48. The molecule has 0 aliphatic rings. The van der Waals surface area contributed by atoms with Crippen LogP contribution in [-0.2, 0) is 19.1 Å². The van der Waals surface area contributed by atoms with Crippen molar-refractivity contribution in [3.63, 3.8) is 0 Å². The molecule has 108 valence electrons. The van der Waals surface area contributed by atoms with E-state index in [-0.39, 0.29) is 18.4 Å². The highest BCUT2D eigenvalue weighted by Gasteiger charge is 2.21. The summed E-state index contributed by atoms with van der Waals surface area (Å²) in [5, 5.41) is 0. The van der Waals surface area contributed by atoms with Crippen LogP contribution < -0.4 is 0 Å². The van der Waals surface area contributed by atoms with Gasteiger partial charge in [0.05, 0.1) is 6.42 Å². The Morgan fingerprint density at radius 3 is 2.42 bits per heavy atom. The van der Waals surface area contributed by atoms with Crippen molar-refractivity contribution >= 4 is 11.9 Å². The van der Waals surface area contributed by atoms with Gasteiger partial charge in [-0.3, -0.25) is 9.59 Å². The van der Waals surface area contributed by atoms with E-state index in [0.29, 0.717) is 12.8 Å². The maximum Gasteiger partial charge on any atom is 0.310 e. The molecule has 0 aromatic heterocycles. The van der Waals surface area contributed by atoms with E-state index in [1.807, 2.05) is 13.0 Å². The summed E-state index contributed by atoms with van der Waals surface area (Å²) in [6.07, 6.45) is 4.58. The van der Waals surface area contributed by atoms with Gasteiger partial charge in [0.1, 0.15) is 11.7 Å². The van der Waals surface area contributed by atoms with Crippen LogP contribution in [0, 0.1) is 0 Å². The summed E-state index contributed by atoms with van der Waals surface area (Å²) in [5.41, 5.74) is 2.42. The van der Waals surface area contributed by atoms with E-state index in [9.17, 15) is 9.59 Å². The molecule has 0 N–H and O–H groups in total. The summed E-state index contributed by atoms with van der Waals surface area (Å²) in [7, 11) is 0. The van der Waals surface area contributed by atoms with Crippen molar-refractivity contribution in [2.75, 3.05) is 0 Å². The van der Waals surface area contributed by atoms with E-state index in [1.54, 1.807) is 26.8 Å². The van der Waals surface area contributed by atoms with Crippen molar-refractivity contribution in [3.8, 4) is 0 Å². The van der Waals surface area contributed by atoms with Crippen molar-refractivity contribution in [2.24, 2.45) is 0 Å². The van der Waals surface area contributed by atoms with Crippen molar-refractivity contribution in [1.82, 2.24) is 0 Å². The first-order chi connectivity index (χ1) is 8.74. The fourth-order valence-electron chi connectivity index (χ4n) is 1.48. The predicted octanol–water partition coefficient (Wildman–Crippen LogP) is 3.16. The highest BCUT2D eigenvalue weighted by molar-refractivity contribution is 5.71. The molecule has 0 spiro atoms. The van der Waals surface area contributed by atoms with Crippen molar-refractivity contribution in [1.29, 1.82) is 0 Å². The van der Waals surface area contributed by atoms with Crippen LogP contribution in [0.3, 0.4) is 0 Å². The van der Waals surface area contributed by atoms with Crippen LogP contribution in [-0.4, -0.2) is 23.6 Å². The minimum atomic E-state index is -0.525. The average Bonchev–Trinajstić information content (AvgIpc) is 2.20. The Morgan fingerprint density at radius 2 is 1.95 bits per heavy atom. The SMILES string of the molecule is CC=C=CCC[C@@H](CC(=O)OC(C)(C)C)OC(C)=O. The van der Waals surface area contributed by atoms with E-state index in [0.717, 1.165) is 0 Å². The Bertz CT molecular complexity index is 357. The molecule has 0 aromatic rings. The summed E-state index contributed by atoms with van der Waals surface area (Å²) >= 11 is 0. The van der Waals surface area contributed by atoms with Gasteiger partial charge >= 0.3 is 11.9 Å². The van der Waals surface area contributed by atoms with Gasteiger partial charge in [-0.2, -0.15) is 0 Å². The second-order valence-electron chi connectivity index (χ2n) is 5.26. The third-order valence-electron chi connectivity index (χ3n) is 2.06. The minimum absolute atomic E-state index is 0.0839. The number of carbonyl (C=O) groups is 2. The number of hydrogen-bond acceptors (Lipinski definition) is 4. The quantitative estimate of drug-likeness (QED) is 0.548. The second-order valence-corrected chi connectivity index (χ2v) is 5.26. The number of esters is 2. The standard InChI is InChI=1S/C15H24O4/c1-6-7-8-9-10-13(18-12(2)16)11-14(17)19-15(3,4)5/h6,8,13H,9-11H2,1-5H3/t7?,13-/m0/s1. The number of allylic oxidation sites excluding steroid dienone is 1. The van der Waals surface area contributed by atoms with Gasteiger partial charge < -0.3 is 9.47 Å². The van der Waals surface area contributed by atoms with Crippen LogP contribution in [0.25, 0.3) is 0 Å². The highest BCUT2D eigenvalue weighted by atomic mass is 16.6. The van der Waals surface area contributed by atoms with Crippen molar-refractivity contribution < 1.29 is 19.1 Å². The first-order valence-corrected chi connectivity index (χ1v) is 6.49. The molecule has 0 aliphatic heterocycles. The lowest BCUT2D eigenvalue weighted by atomic mass is 10.1. The molecular formula is C15H24O4. The fraction of sp³-hybridized carbons (Fsp3) is 0.667. The summed E-state index contributed by atoms with van der Waals surface area (Å²) < 4.78 is 10.3. The Labute approximate surface area is 115 Å². The normalized spacial score (nSPS) is 12.1. The smallest absolute Gasteiger partial charge is 0.310 e. The van der Waals surface area contributed by atoms with Crippen LogP contribution >= 0.6 is 0 Å². The molecule has 0 heterocycles. The van der Waals surface area contributed by atoms with Gasteiger partial charge in [-0.25, -0.2) is 0 Å². The number of ether oxygens (including phenoxy) is 2. The molecule has 0 saturated heterocycles. The van der Waals surface area contributed by atoms with Crippen molar-refractivity contribution in [3.05, 3.63) is 17.9 Å². The van der Waals surface area contributed by atoms with E-state index in [2.05, 4.69) is 5.73 Å². The molecule has 0 fully saturated rings. The second kappa shape index (κ2) is 8.54. The Hall–Kier alpha value is -1.54. The third kappa shape index (κ3) is 11.3. The summed E-state index contributed by atoms with van der Waals surface area (Å²) in [6, 6.07) is 0. The van der Waals surface area contributed by atoms with Gasteiger partial charge in [-0.1, -0.05) is 0 Å². The summed E-state index contributed by atoms with van der Waals surface area (Å²) in [6.45, 7) is 8.63. The van der Waals surface area contributed by atoms with Gasteiger partial charge in [-0.05, 0) is 52.7 Å². The van der Waals surface area contributed by atoms with E-state index >= 15 is 0 Å². The molecule has 1 atom stereocenters. The maximum absolute atomic E-state index is 11.7. The van der Waals surface area contributed by atoms with Crippen molar-refractivity contribution in [2.45, 2.75) is 65.6 Å². The Balaban J connectivity index is 4.37. The summed E-state index contributed by atoms with van der Waals surface area (Å²) in [4.78, 5) is 22.7. The number of rotatable bonds is 6. The molecular weight excluding hydrogens is 244 g/mol. The van der Waals surface area contributed by atoms with Gasteiger partial charge in [0.15, 0.2) is 0 Å². The molecule has 0 saturated carbocycles. The zero-order valence-corrected chi connectivity index (χ0v) is 12.5. The summed E-state index contributed by atoms with van der Waals surface area (Å²) in [5.74, 6) is -0.739.